The van der Waals surface area contributed by atoms with Crippen LogP contribution in [0, 0.1) is 11.3 Å². The van der Waals surface area contributed by atoms with Gasteiger partial charge in [-0.1, -0.05) is 13.8 Å². The van der Waals surface area contributed by atoms with Gasteiger partial charge in [0.05, 0.1) is 0 Å². The summed E-state index contributed by atoms with van der Waals surface area (Å²) in [5.74, 6) is 0.862. The summed E-state index contributed by atoms with van der Waals surface area (Å²) in [5, 5.41) is 0. The van der Waals surface area contributed by atoms with Crippen molar-refractivity contribution >= 4 is 5.71 Å². The van der Waals surface area contributed by atoms with Gasteiger partial charge in [0.25, 0.3) is 0 Å². The Bertz CT molecular complexity index is 149. The van der Waals surface area contributed by atoms with Gasteiger partial charge in [-0.15, -0.1) is 0 Å². The Morgan fingerprint density at radius 2 is 2.11 bits per heavy atom. The third-order valence-corrected chi connectivity index (χ3v) is 2.82. The number of hydrogen-bond acceptors (Lipinski definition) is 1. The molecule has 0 saturated heterocycles. The summed E-state index contributed by atoms with van der Waals surface area (Å²) in [6.07, 6.45) is 1.33. The minimum Gasteiger partial charge on any atom is -0.297 e. The molecule has 1 aliphatic carbocycles. The highest BCUT2D eigenvalue weighted by atomic mass is 14.7. The van der Waals surface area contributed by atoms with Gasteiger partial charge in [0.2, 0.25) is 0 Å². The lowest BCUT2D eigenvalue weighted by molar-refractivity contribution is 0.704. The number of nitrogens with zero attached hydrogens (tertiary/aromatic N) is 1. The zero-order valence-electron chi connectivity index (χ0n) is 6.73. The van der Waals surface area contributed by atoms with Crippen molar-refractivity contribution in [1.29, 1.82) is 0 Å². The first-order valence-electron chi connectivity index (χ1n) is 3.55. The molecule has 1 fully saturated rings. The normalized spacial score (nSPS) is 43.1. The summed E-state index contributed by atoms with van der Waals surface area (Å²) in [6, 6.07) is 0. The van der Waals surface area contributed by atoms with E-state index in [4.69, 9.17) is 0 Å². The quantitative estimate of drug-likeness (QED) is 0.476. The molecule has 2 unspecified atom stereocenters. The molecule has 52 valence electrons. The second kappa shape index (κ2) is 1.83. The zero-order valence-corrected chi connectivity index (χ0v) is 6.73. The predicted molar refractivity (Wildman–Crippen MR) is 40.9 cm³/mol. The van der Waals surface area contributed by atoms with E-state index in [1.807, 2.05) is 7.05 Å². The van der Waals surface area contributed by atoms with Crippen LogP contribution in [0.3, 0.4) is 0 Å². The fraction of sp³-hybridized carbons (Fsp3) is 0.875. The van der Waals surface area contributed by atoms with E-state index in [9.17, 15) is 0 Å². The third kappa shape index (κ3) is 0.887. The molecule has 1 aliphatic rings. The average molecular weight is 125 g/mol. The molecule has 0 radical (unpaired) electrons. The summed E-state index contributed by atoms with van der Waals surface area (Å²) in [4.78, 5) is 4.19. The van der Waals surface area contributed by atoms with E-state index in [1.54, 1.807) is 0 Å². The Morgan fingerprint density at radius 1 is 1.67 bits per heavy atom. The molecule has 0 aromatic carbocycles. The molecule has 1 rings (SSSR count). The largest absolute Gasteiger partial charge is 0.297 e. The van der Waals surface area contributed by atoms with Crippen molar-refractivity contribution in [1.82, 2.24) is 0 Å². The molecule has 0 spiro atoms. The van der Waals surface area contributed by atoms with Crippen molar-refractivity contribution in [2.45, 2.75) is 27.2 Å². The van der Waals surface area contributed by atoms with Gasteiger partial charge in [-0.2, -0.15) is 0 Å². The molecule has 1 saturated carbocycles. The molecule has 0 amide bonds. The van der Waals surface area contributed by atoms with Crippen LogP contribution < -0.4 is 0 Å². The van der Waals surface area contributed by atoms with Crippen LogP contribution in [-0.2, 0) is 0 Å². The predicted octanol–water partition coefficient (Wildman–Crippen LogP) is 2.12. The smallest absolute Gasteiger partial charge is 0.0276 e. The van der Waals surface area contributed by atoms with Gasteiger partial charge in [-0.25, -0.2) is 0 Å². The number of aliphatic imine (C=N–C) groups is 1. The van der Waals surface area contributed by atoms with E-state index in [2.05, 4.69) is 25.8 Å². The molecule has 1 heteroatoms. The van der Waals surface area contributed by atoms with Crippen LogP contribution in [0.4, 0.5) is 0 Å². The zero-order chi connectivity index (χ0) is 7.07. The van der Waals surface area contributed by atoms with Gasteiger partial charge in [0, 0.05) is 18.2 Å². The first kappa shape index (κ1) is 6.79. The molecule has 2 atom stereocenters. The molecule has 0 aromatic rings. The van der Waals surface area contributed by atoms with Crippen molar-refractivity contribution in [3.05, 3.63) is 0 Å². The molecule has 0 aromatic heterocycles. The second-order valence-corrected chi connectivity index (χ2v) is 3.33. The second-order valence-electron chi connectivity index (χ2n) is 3.33. The maximum atomic E-state index is 4.19. The first-order valence-corrected chi connectivity index (χ1v) is 3.55. The Balaban J connectivity index is 2.64. The lowest BCUT2D eigenvalue weighted by atomic mass is 10.0. The average Bonchev–Trinajstić information content (AvgIpc) is 2.41. The van der Waals surface area contributed by atoms with Crippen LogP contribution in [0.15, 0.2) is 4.99 Å². The highest BCUT2D eigenvalue weighted by molar-refractivity contribution is 5.90. The highest BCUT2D eigenvalue weighted by Gasteiger charge is 2.48. The van der Waals surface area contributed by atoms with Crippen molar-refractivity contribution < 1.29 is 0 Å². The molecular weight excluding hydrogens is 110 g/mol. The Morgan fingerprint density at radius 3 is 2.22 bits per heavy atom. The number of hydrogen-bond donors (Lipinski definition) is 0. The maximum Gasteiger partial charge on any atom is 0.0276 e. The monoisotopic (exact) mass is 125 g/mol. The first-order chi connectivity index (χ1) is 4.11. The van der Waals surface area contributed by atoms with Crippen molar-refractivity contribution in [3.8, 4) is 0 Å². The fourth-order valence-electron chi connectivity index (χ4n) is 1.34. The lowest BCUT2D eigenvalue weighted by Crippen LogP contribution is -2.08. The van der Waals surface area contributed by atoms with E-state index >= 15 is 0 Å². The molecule has 1 nitrogen and oxygen atoms in total. The lowest BCUT2D eigenvalue weighted by Gasteiger charge is -2.06. The van der Waals surface area contributed by atoms with Gasteiger partial charge in [-0.05, 0) is 19.3 Å². The van der Waals surface area contributed by atoms with Crippen LogP contribution in [0.2, 0.25) is 0 Å². The topological polar surface area (TPSA) is 12.4 Å². The summed E-state index contributed by atoms with van der Waals surface area (Å²) < 4.78 is 0. The summed E-state index contributed by atoms with van der Waals surface area (Å²) in [6.45, 7) is 6.71. The van der Waals surface area contributed by atoms with Crippen molar-refractivity contribution in [3.63, 3.8) is 0 Å². The fourth-order valence-corrected chi connectivity index (χ4v) is 1.34. The Hall–Kier alpha value is -0.330. The van der Waals surface area contributed by atoms with Gasteiger partial charge < -0.3 is 0 Å². The van der Waals surface area contributed by atoms with Crippen LogP contribution >= 0.6 is 0 Å². The molecule has 9 heavy (non-hydrogen) atoms. The van der Waals surface area contributed by atoms with Gasteiger partial charge >= 0.3 is 0 Å². The van der Waals surface area contributed by atoms with Crippen LogP contribution in [0.5, 0.6) is 0 Å². The molecule has 0 bridgehead atoms. The third-order valence-electron chi connectivity index (χ3n) is 2.82. The SMILES string of the molecule is CN=C(C)C1(C)CC1C. The molecular formula is C8H15N. The maximum absolute atomic E-state index is 4.19. The van der Waals surface area contributed by atoms with Gasteiger partial charge in [-0.3, -0.25) is 4.99 Å². The molecule has 0 aliphatic heterocycles. The van der Waals surface area contributed by atoms with Crippen molar-refractivity contribution in [2.75, 3.05) is 7.05 Å². The Kier molecular flexibility index (Phi) is 1.38. The van der Waals surface area contributed by atoms with E-state index in [0.717, 1.165) is 5.92 Å². The van der Waals surface area contributed by atoms with Crippen LogP contribution in [0.1, 0.15) is 27.2 Å². The van der Waals surface area contributed by atoms with Crippen LogP contribution in [0.25, 0.3) is 0 Å². The van der Waals surface area contributed by atoms with E-state index < -0.39 is 0 Å². The molecule has 0 heterocycles. The van der Waals surface area contributed by atoms with E-state index in [-0.39, 0.29) is 0 Å². The number of rotatable bonds is 1. The standard InChI is InChI=1S/C8H15N/c1-6-5-8(6,3)7(2)9-4/h6H,5H2,1-4H3. The summed E-state index contributed by atoms with van der Waals surface area (Å²) in [7, 11) is 1.88. The van der Waals surface area contributed by atoms with E-state index in [0.29, 0.717) is 5.41 Å². The molecule has 0 N–H and O–H groups in total. The van der Waals surface area contributed by atoms with Crippen molar-refractivity contribution in [2.24, 2.45) is 16.3 Å². The summed E-state index contributed by atoms with van der Waals surface area (Å²) >= 11 is 0. The van der Waals surface area contributed by atoms with Crippen LogP contribution in [-0.4, -0.2) is 12.8 Å². The minimum atomic E-state index is 0.467. The Labute approximate surface area is 57.2 Å². The van der Waals surface area contributed by atoms with E-state index in [1.165, 1.54) is 12.1 Å². The van der Waals surface area contributed by atoms with Gasteiger partial charge in [0.1, 0.15) is 0 Å². The minimum absolute atomic E-state index is 0.467. The summed E-state index contributed by atoms with van der Waals surface area (Å²) in [5.41, 5.74) is 1.78. The highest BCUT2D eigenvalue weighted by Crippen LogP contribution is 2.52. The van der Waals surface area contributed by atoms with Gasteiger partial charge in [0.15, 0.2) is 0 Å².